The molecule has 0 radical (unpaired) electrons. The van der Waals surface area contributed by atoms with Crippen molar-refractivity contribution < 1.29 is 15.0 Å². The van der Waals surface area contributed by atoms with E-state index in [1.807, 2.05) is 6.92 Å². The molecule has 0 heterocycles. The second-order valence-electron chi connectivity index (χ2n) is 3.92. The number of nitrogens with two attached hydrogens (primary N) is 1. The Kier molecular flexibility index (Phi) is 5.72. The van der Waals surface area contributed by atoms with Gasteiger partial charge in [-0.15, -0.1) is 0 Å². The summed E-state index contributed by atoms with van der Waals surface area (Å²) in [7, 11) is 0. The normalized spacial score (nSPS) is 17.4. The lowest BCUT2D eigenvalue weighted by molar-refractivity contribution is -0.144. The summed E-state index contributed by atoms with van der Waals surface area (Å²) in [6.07, 6.45) is 2.58. The van der Waals surface area contributed by atoms with Crippen LogP contribution >= 0.6 is 0 Å². The van der Waals surface area contributed by atoms with Crippen molar-refractivity contribution in [2.24, 2.45) is 11.7 Å². The zero-order valence-electron chi connectivity index (χ0n) is 8.99. The van der Waals surface area contributed by atoms with Gasteiger partial charge in [0, 0.05) is 6.54 Å². The SMILES string of the molecule is CCCCC(C)C(O)(CN)CC(=O)O. The minimum atomic E-state index is -1.25. The minimum absolute atomic E-state index is 0.00415. The molecule has 84 valence electrons. The van der Waals surface area contributed by atoms with Crippen LogP contribution in [0.5, 0.6) is 0 Å². The van der Waals surface area contributed by atoms with Crippen molar-refractivity contribution in [3.63, 3.8) is 0 Å². The van der Waals surface area contributed by atoms with Crippen molar-refractivity contribution >= 4 is 5.97 Å². The molecule has 0 saturated carbocycles. The Labute approximate surface area is 85.1 Å². The highest BCUT2D eigenvalue weighted by Gasteiger charge is 2.34. The predicted molar refractivity (Wildman–Crippen MR) is 54.9 cm³/mol. The number of hydrogen-bond donors (Lipinski definition) is 3. The fourth-order valence-corrected chi connectivity index (χ4v) is 1.49. The molecule has 4 nitrogen and oxygen atoms in total. The topological polar surface area (TPSA) is 83.5 Å². The molecule has 0 aliphatic heterocycles. The zero-order chi connectivity index (χ0) is 11.2. The van der Waals surface area contributed by atoms with Crippen LogP contribution in [-0.4, -0.2) is 28.3 Å². The molecule has 4 heteroatoms. The van der Waals surface area contributed by atoms with Crippen LogP contribution in [0.25, 0.3) is 0 Å². The lowest BCUT2D eigenvalue weighted by Crippen LogP contribution is -2.45. The van der Waals surface area contributed by atoms with Crippen molar-refractivity contribution in [2.75, 3.05) is 6.54 Å². The van der Waals surface area contributed by atoms with Crippen LogP contribution in [0.4, 0.5) is 0 Å². The van der Waals surface area contributed by atoms with Gasteiger partial charge in [-0.25, -0.2) is 0 Å². The van der Waals surface area contributed by atoms with E-state index in [1.165, 1.54) is 0 Å². The fourth-order valence-electron chi connectivity index (χ4n) is 1.49. The maximum Gasteiger partial charge on any atom is 0.306 e. The standard InChI is InChI=1S/C10H21NO3/c1-3-4-5-8(2)10(14,7-11)6-9(12)13/h8,14H,3-7,11H2,1-2H3,(H,12,13). The van der Waals surface area contributed by atoms with Gasteiger partial charge < -0.3 is 15.9 Å². The van der Waals surface area contributed by atoms with Crippen molar-refractivity contribution in [3.05, 3.63) is 0 Å². The molecule has 0 aromatic carbocycles. The third kappa shape index (κ3) is 4.07. The first-order valence-corrected chi connectivity index (χ1v) is 5.10. The molecule has 0 spiro atoms. The van der Waals surface area contributed by atoms with E-state index < -0.39 is 11.6 Å². The van der Waals surface area contributed by atoms with Gasteiger partial charge in [-0.05, 0) is 12.3 Å². The Morgan fingerprint density at radius 2 is 2.14 bits per heavy atom. The van der Waals surface area contributed by atoms with Crippen molar-refractivity contribution in [1.29, 1.82) is 0 Å². The first-order valence-electron chi connectivity index (χ1n) is 5.10. The van der Waals surface area contributed by atoms with Crippen molar-refractivity contribution in [2.45, 2.75) is 45.1 Å². The van der Waals surface area contributed by atoms with E-state index in [0.717, 1.165) is 19.3 Å². The average Bonchev–Trinajstić information content (AvgIpc) is 2.12. The number of hydrogen-bond acceptors (Lipinski definition) is 3. The van der Waals surface area contributed by atoms with Crippen LogP contribution < -0.4 is 5.73 Å². The third-order valence-electron chi connectivity index (χ3n) is 2.72. The number of unbranched alkanes of at least 4 members (excludes halogenated alkanes) is 1. The van der Waals surface area contributed by atoms with Crippen molar-refractivity contribution in [1.82, 2.24) is 0 Å². The molecule has 0 bridgehead atoms. The Bertz CT molecular complexity index is 184. The molecule has 0 aromatic heterocycles. The highest BCUT2D eigenvalue weighted by Crippen LogP contribution is 2.25. The second-order valence-corrected chi connectivity index (χ2v) is 3.92. The van der Waals surface area contributed by atoms with Crippen LogP contribution in [0.2, 0.25) is 0 Å². The van der Waals surface area contributed by atoms with Gasteiger partial charge in [-0.3, -0.25) is 4.79 Å². The van der Waals surface area contributed by atoms with Crippen LogP contribution in [0.3, 0.4) is 0 Å². The summed E-state index contributed by atoms with van der Waals surface area (Å²) in [6.45, 7) is 3.92. The van der Waals surface area contributed by atoms with Gasteiger partial charge in [0.1, 0.15) is 0 Å². The number of carboxylic acid groups (broad SMARTS) is 1. The average molecular weight is 203 g/mol. The number of aliphatic hydroxyl groups is 1. The molecule has 0 aliphatic carbocycles. The Balaban J connectivity index is 4.26. The smallest absolute Gasteiger partial charge is 0.306 e. The van der Waals surface area contributed by atoms with Gasteiger partial charge in [-0.2, -0.15) is 0 Å². The van der Waals surface area contributed by atoms with Gasteiger partial charge >= 0.3 is 5.97 Å². The maximum atomic E-state index is 10.5. The summed E-state index contributed by atoms with van der Waals surface area (Å²) >= 11 is 0. The molecule has 4 N–H and O–H groups in total. The highest BCUT2D eigenvalue weighted by molar-refractivity contribution is 5.68. The Morgan fingerprint density at radius 3 is 2.50 bits per heavy atom. The minimum Gasteiger partial charge on any atom is -0.481 e. The molecule has 0 amide bonds. The summed E-state index contributed by atoms with van der Waals surface area (Å²) in [5, 5.41) is 18.6. The summed E-state index contributed by atoms with van der Waals surface area (Å²) in [5.41, 5.74) is 4.17. The van der Waals surface area contributed by atoms with Crippen LogP contribution in [0.15, 0.2) is 0 Å². The van der Waals surface area contributed by atoms with E-state index in [4.69, 9.17) is 10.8 Å². The number of carbonyl (C=O) groups is 1. The van der Waals surface area contributed by atoms with Gasteiger partial charge in [0.25, 0.3) is 0 Å². The molecule has 2 unspecified atom stereocenters. The summed E-state index contributed by atoms with van der Waals surface area (Å²) in [5.74, 6) is -1.06. The monoisotopic (exact) mass is 203 g/mol. The maximum absolute atomic E-state index is 10.5. The summed E-state index contributed by atoms with van der Waals surface area (Å²) in [6, 6.07) is 0. The molecule has 14 heavy (non-hydrogen) atoms. The number of rotatable bonds is 7. The molecule has 0 rings (SSSR count). The second kappa shape index (κ2) is 5.98. The van der Waals surface area contributed by atoms with Gasteiger partial charge in [0.05, 0.1) is 12.0 Å². The molecule has 2 atom stereocenters. The fraction of sp³-hybridized carbons (Fsp3) is 0.900. The quantitative estimate of drug-likeness (QED) is 0.576. The van der Waals surface area contributed by atoms with Crippen molar-refractivity contribution in [3.8, 4) is 0 Å². The van der Waals surface area contributed by atoms with E-state index in [2.05, 4.69) is 6.92 Å². The highest BCUT2D eigenvalue weighted by atomic mass is 16.4. The molecule has 0 aromatic rings. The first-order chi connectivity index (χ1) is 6.46. The van der Waals surface area contributed by atoms with E-state index >= 15 is 0 Å². The molecule has 0 fully saturated rings. The van der Waals surface area contributed by atoms with Gasteiger partial charge in [0.15, 0.2) is 0 Å². The van der Waals surface area contributed by atoms with Gasteiger partial charge in [0.2, 0.25) is 0 Å². The molecular weight excluding hydrogens is 182 g/mol. The van der Waals surface area contributed by atoms with E-state index in [9.17, 15) is 9.90 Å². The molecule has 0 saturated heterocycles. The third-order valence-corrected chi connectivity index (χ3v) is 2.72. The van der Waals surface area contributed by atoms with Crippen LogP contribution in [0, 0.1) is 5.92 Å². The first kappa shape index (κ1) is 13.4. The summed E-state index contributed by atoms with van der Waals surface area (Å²) < 4.78 is 0. The van der Waals surface area contributed by atoms with Crippen LogP contribution in [-0.2, 0) is 4.79 Å². The lowest BCUT2D eigenvalue weighted by Gasteiger charge is -2.31. The number of carboxylic acids is 1. The van der Waals surface area contributed by atoms with Crippen LogP contribution in [0.1, 0.15) is 39.5 Å². The molecule has 0 aliphatic rings. The molecular formula is C10H21NO3. The number of aliphatic carboxylic acids is 1. The van der Waals surface area contributed by atoms with E-state index in [-0.39, 0.29) is 18.9 Å². The predicted octanol–water partition coefficient (Wildman–Crippen LogP) is 0.977. The van der Waals surface area contributed by atoms with E-state index in [0.29, 0.717) is 0 Å². The van der Waals surface area contributed by atoms with Gasteiger partial charge in [-0.1, -0.05) is 26.7 Å². The van der Waals surface area contributed by atoms with E-state index in [1.54, 1.807) is 0 Å². The largest absolute Gasteiger partial charge is 0.481 e. The summed E-state index contributed by atoms with van der Waals surface area (Å²) in [4.78, 5) is 10.5. The zero-order valence-corrected chi connectivity index (χ0v) is 8.99. The lowest BCUT2D eigenvalue weighted by atomic mass is 9.82. The Hall–Kier alpha value is -0.610. The Morgan fingerprint density at radius 1 is 1.57 bits per heavy atom.